The van der Waals surface area contributed by atoms with Crippen LogP contribution in [0, 0.1) is 0 Å². The number of amides is 1. The SMILES string of the molecule is CCOc1cccc2cc(C(C)NC(=O)Cn3nnc4ccccc43)oc12. The number of benzene rings is 2. The summed E-state index contributed by atoms with van der Waals surface area (Å²) in [6.07, 6.45) is 0. The van der Waals surface area contributed by atoms with E-state index in [1.165, 1.54) is 0 Å². The molecule has 7 nitrogen and oxygen atoms in total. The van der Waals surface area contributed by atoms with Gasteiger partial charge >= 0.3 is 0 Å². The van der Waals surface area contributed by atoms with Gasteiger partial charge in [0, 0.05) is 5.39 Å². The second kappa shape index (κ2) is 7.11. The van der Waals surface area contributed by atoms with E-state index in [2.05, 4.69) is 15.6 Å². The zero-order valence-electron chi connectivity index (χ0n) is 15.2. The molecule has 138 valence electrons. The Kier molecular flexibility index (Phi) is 4.50. The normalized spacial score (nSPS) is 12.4. The second-order valence-corrected chi connectivity index (χ2v) is 6.28. The van der Waals surface area contributed by atoms with Gasteiger partial charge in [0.15, 0.2) is 11.3 Å². The van der Waals surface area contributed by atoms with Crippen LogP contribution in [0.25, 0.3) is 22.0 Å². The molecule has 0 saturated carbocycles. The van der Waals surface area contributed by atoms with Crippen LogP contribution in [0.1, 0.15) is 25.6 Å². The van der Waals surface area contributed by atoms with Crippen molar-refractivity contribution in [3.05, 3.63) is 54.3 Å². The van der Waals surface area contributed by atoms with Crippen molar-refractivity contribution in [2.45, 2.75) is 26.4 Å². The Balaban J connectivity index is 1.50. The molecule has 1 amide bonds. The zero-order chi connectivity index (χ0) is 18.8. The topological polar surface area (TPSA) is 82.2 Å². The van der Waals surface area contributed by atoms with Gasteiger partial charge in [0.05, 0.1) is 18.2 Å². The fourth-order valence-corrected chi connectivity index (χ4v) is 3.07. The molecule has 2 heterocycles. The number of rotatable bonds is 6. The van der Waals surface area contributed by atoms with E-state index in [1.54, 1.807) is 4.68 Å². The maximum Gasteiger partial charge on any atom is 0.242 e. The molecule has 0 bridgehead atoms. The molecule has 0 aliphatic carbocycles. The summed E-state index contributed by atoms with van der Waals surface area (Å²) in [5.74, 6) is 1.21. The molecule has 0 aliphatic heterocycles. The summed E-state index contributed by atoms with van der Waals surface area (Å²) >= 11 is 0. The van der Waals surface area contributed by atoms with Gasteiger partial charge in [0.2, 0.25) is 5.91 Å². The molecule has 2 aromatic carbocycles. The maximum atomic E-state index is 12.5. The largest absolute Gasteiger partial charge is 0.490 e. The first kappa shape index (κ1) is 17.1. The predicted molar refractivity (Wildman–Crippen MR) is 101 cm³/mol. The molecular formula is C20H20N4O3. The fraction of sp³-hybridized carbons (Fsp3) is 0.250. The van der Waals surface area contributed by atoms with Crippen LogP contribution >= 0.6 is 0 Å². The zero-order valence-corrected chi connectivity index (χ0v) is 15.2. The van der Waals surface area contributed by atoms with Crippen molar-refractivity contribution >= 4 is 27.9 Å². The lowest BCUT2D eigenvalue weighted by atomic mass is 10.2. The summed E-state index contributed by atoms with van der Waals surface area (Å²) in [6.45, 7) is 4.47. The molecule has 0 spiro atoms. The molecule has 1 unspecified atom stereocenters. The van der Waals surface area contributed by atoms with Crippen molar-refractivity contribution in [2.24, 2.45) is 0 Å². The summed E-state index contributed by atoms with van der Waals surface area (Å²) in [5, 5.41) is 12.0. The highest BCUT2D eigenvalue weighted by Crippen LogP contribution is 2.31. The van der Waals surface area contributed by atoms with Crippen molar-refractivity contribution in [1.82, 2.24) is 20.3 Å². The van der Waals surface area contributed by atoms with Crippen molar-refractivity contribution in [2.75, 3.05) is 6.61 Å². The van der Waals surface area contributed by atoms with Crippen LogP contribution in [0.5, 0.6) is 5.75 Å². The van der Waals surface area contributed by atoms with Crippen LogP contribution in [0.3, 0.4) is 0 Å². The number of hydrogen-bond donors (Lipinski definition) is 1. The molecule has 2 aromatic heterocycles. The molecule has 27 heavy (non-hydrogen) atoms. The Morgan fingerprint density at radius 1 is 1.26 bits per heavy atom. The average Bonchev–Trinajstić information content (AvgIpc) is 3.27. The lowest BCUT2D eigenvalue weighted by molar-refractivity contribution is -0.122. The number of hydrogen-bond acceptors (Lipinski definition) is 5. The molecule has 0 fully saturated rings. The summed E-state index contributed by atoms with van der Waals surface area (Å²) in [7, 11) is 0. The first-order valence-corrected chi connectivity index (χ1v) is 8.88. The van der Waals surface area contributed by atoms with Gasteiger partial charge in [-0.1, -0.05) is 29.5 Å². The summed E-state index contributed by atoms with van der Waals surface area (Å²) in [5.41, 5.74) is 2.28. The van der Waals surface area contributed by atoms with Crippen LogP contribution in [0.15, 0.2) is 52.9 Å². The van der Waals surface area contributed by atoms with E-state index in [1.807, 2.05) is 62.4 Å². The van der Waals surface area contributed by atoms with E-state index < -0.39 is 0 Å². The minimum atomic E-state index is -0.283. The van der Waals surface area contributed by atoms with Gasteiger partial charge in [-0.05, 0) is 38.1 Å². The first-order chi connectivity index (χ1) is 13.2. The number of carbonyl (C=O) groups excluding carboxylic acids is 1. The van der Waals surface area contributed by atoms with Crippen molar-refractivity contribution in [3.63, 3.8) is 0 Å². The Morgan fingerprint density at radius 3 is 2.96 bits per heavy atom. The van der Waals surface area contributed by atoms with Crippen molar-refractivity contribution in [3.8, 4) is 5.75 Å². The third-order valence-electron chi connectivity index (χ3n) is 4.34. The molecule has 4 rings (SSSR count). The maximum absolute atomic E-state index is 12.5. The number of para-hydroxylation sites is 2. The van der Waals surface area contributed by atoms with E-state index >= 15 is 0 Å². The minimum absolute atomic E-state index is 0.0925. The predicted octanol–water partition coefficient (Wildman–Crippen LogP) is 3.45. The molecule has 1 atom stereocenters. The molecule has 7 heteroatoms. The summed E-state index contributed by atoms with van der Waals surface area (Å²) in [4.78, 5) is 12.5. The highest BCUT2D eigenvalue weighted by molar-refractivity contribution is 5.84. The van der Waals surface area contributed by atoms with E-state index in [4.69, 9.17) is 9.15 Å². The van der Waals surface area contributed by atoms with Crippen LogP contribution in [0.2, 0.25) is 0 Å². The average molecular weight is 364 g/mol. The molecule has 0 aliphatic rings. The highest BCUT2D eigenvalue weighted by Gasteiger charge is 2.17. The molecule has 1 N–H and O–H groups in total. The number of fused-ring (bicyclic) bond motifs is 2. The molecule has 4 aromatic rings. The van der Waals surface area contributed by atoms with Crippen LogP contribution in [-0.4, -0.2) is 27.5 Å². The second-order valence-electron chi connectivity index (χ2n) is 6.28. The van der Waals surface area contributed by atoms with Crippen molar-refractivity contribution in [1.29, 1.82) is 0 Å². The van der Waals surface area contributed by atoms with Gasteiger partial charge < -0.3 is 14.5 Å². The lowest BCUT2D eigenvalue weighted by Gasteiger charge is -2.11. The van der Waals surface area contributed by atoms with E-state index in [0.29, 0.717) is 23.7 Å². The Morgan fingerprint density at radius 2 is 2.11 bits per heavy atom. The number of furan rings is 1. The van der Waals surface area contributed by atoms with Crippen LogP contribution < -0.4 is 10.1 Å². The first-order valence-electron chi connectivity index (χ1n) is 8.88. The van der Waals surface area contributed by atoms with Gasteiger partial charge in [0.25, 0.3) is 0 Å². The molecular weight excluding hydrogens is 344 g/mol. The van der Waals surface area contributed by atoms with Gasteiger partial charge in [-0.15, -0.1) is 5.10 Å². The van der Waals surface area contributed by atoms with Gasteiger partial charge in [-0.3, -0.25) is 4.79 Å². The minimum Gasteiger partial charge on any atom is -0.490 e. The third-order valence-corrected chi connectivity index (χ3v) is 4.34. The van der Waals surface area contributed by atoms with Gasteiger partial charge in [-0.25, -0.2) is 4.68 Å². The van der Waals surface area contributed by atoms with E-state index in [9.17, 15) is 4.79 Å². The summed E-state index contributed by atoms with van der Waals surface area (Å²) in [6, 6.07) is 14.9. The Labute approximate surface area is 155 Å². The van der Waals surface area contributed by atoms with Crippen LogP contribution in [0.4, 0.5) is 0 Å². The Hall–Kier alpha value is -3.35. The smallest absolute Gasteiger partial charge is 0.242 e. The fourth-order valence-electron chi connectivity index (χ4n) is 3.07. The molecule has 0 radical (unpaired) electrons. The monoisotopic (exact) mass is 364 g/mol. The van der Waals surface area contributed by atoms with Gasteiger partial charge in [-0.2, -0.15) is 0 Å². The van der Waals surface area contributed by atoms with Crippen LogP contribution in [-0.2, 0) is 11.3 Å². The number of nitrogens with one attached hydrogen (secondary N) is 1. The Bertz CT molecular complexity index is 1100. The quantitative estimate of drug-likeness (QED) is 0.567. The lowest BCUT2D eigenvalue weighted by Crippen LogP contribution is -2.30. The molecule has 0 saturated heterocycles. The summed E-state index contributed by atoms with van der Waals surface area (Å²) < 4.78 is 13.1. The van der Waals surface area contributed by atoms with Gasteiger partial charge in [0.1, 0.15) is 17.8 Å². The third kappa shape index (κ3) is 3.36. The van der Waals surface area contributed by atoms with E-state index in [-0.39, 0.29) is 18.5 Å². The number of carbonyl (C=O) groups is 1. The number of aromatic nitrogens is 3. The number of ether oxygens (including phenoxy) is 1. The highest BCUT2D eigenvalue weighted by atomic mass is 16.5. The van der Waals surface area contributed by atoms with E-state index in [0.717, 1.165) is 16.4 Å². The standard InChI is InChI=1S/C20H20N4O3/c1-3-26-17-10-6-7-14-11-18(27-20(14)17)13(2)21-19(25)12-24-16-9-5-4-8-15(16)22-23-24/h4-11,13H,3,12H2,1-2H3,(H,21,25). The number of nitrogens with zero attached hydrogens (tertiary/aromatic N) is 3. The van der Waals surface area contributed by atoms with Crippen molar-refractivity contribution < 1.29 is 13.9 Å².